The van der Waals surface area contributed by atoms with Gasteiger partial charge in [0, 0.05) is 17.3 Å². The Hall–Kier alpha value is -2.42. The summed E-state index contributed by atoms with van der Waals surface area (Å²) in [5.41, 5.74) is 0.831. The van der Waals surface area contributed by atoms with Gasteiger partial charge in [0.05, 0.1) is 25.7 Å². The Bertz CT molecular complexity index is 1100. The van der Waals surface area contributed by atoms with Crippen molar-refractivity contribution in [2.24, 2.45) is 0 Å². The van der Waals surface area contributed by atoms with Crippen LogP contribution in [0.25, 0.3) is 0 Å². The minimum atomic E-state index is -3.93. The lowest BCUT2D eigenvalue weighted by molar-refractivity contribution is 0.354. The number of methoxy groups -OCH3 is 2. The predicted octanol–water partition coefficient (Wildman–Crippen LogP) is 4.06. The maximum Gasteiger partial charge on any atom is 0.263 e. The fourth-order valence-electron chi connectivity index (χ4n) is 2.52. The first-order chi connectivity index (χ1) is 13.3. The summed E-state index contributed by atoms with van der Waals surface area (Å²) in [4.78, 5) is -0.0122. The Balaban J connectivity index is 1.85. The fraction of sp³-hybridized carbons (Fsp3) is 0.167. The summed E-state index contributed by atoms with van der Waals surface area (Å²) in [6.45, 7) is 0.345. The molecule has 0 aliphatic carbocycles. The number of sulfonamides is 1. The first kappa shape index (κ1) is 20.3. The zero-order valence-electron chi connectivity index (χ0n) is 15.0. The molecule has 0 amide bonds. The van der Waals surface area contributed by atoms with Crippen molar-refractivity contribution in [2.75, 3.05) is 18.9 Å². The third-order valence-corrected chi connectivity index (χ3v) is 5.89. The molecule has 7 nitrogen and oxygen atoms in total. The molecule has 0 aliphatic rings. The Morgan fingerprint density at radius 3 is 2.43 bits per heavy atom. The van der Waals surface area contributed by atoms with Crippen LogP contribution in [0.2, 0.25) is 10.0 Å². The van der Waals surface area contributed by atoms with Gasteiger partial charge in [-0.1, -0.05) is 41.4 Å². The summed E-state index contributed by atoms with van der Waals surface area (Å²) in [7, 11) is -1.04. The van der Waals surface area contributed by atoms with E-state index in [-0.39, 0.29) is 15.7 Å². The van der Waals surface area contributed by atoms with Crippen LogP contribution in [0.3, 0.4) is 0 Å². The molecule has 0 aliphatic heterocycles. The summed E-state index contributed by atoms with van der Waals surface area (Å²) >= 11 is 12.3. The van der Waals surface area contributed by atoms with E-state index in [0.29, 0.717) is 23.1 Å². The number of nitrogens with one attached hydrogen (secondary N) is 1. The van der Waals surface area contributed by atoms with E-state index < -0.39 is 10.0 Å². The molecule has 3 aromatic rings. The molecule has 0 saturated carbocycles. The van der Waals surface area contributed by atoms with Gasteiger partial charge in [0.15, 0.2) is 17.3 Å². The van der Waals surface area contributed by atoms with E-state index in [9.17, 15) is 8.42 Å². The third kappa shape index (κ3) is 4.35. The number of anilines is 1. The van der Waals surface area contributed by atoms with Crippen molar-refractivity contribution in [1.82, 2.24) is 9.78 Å². The van der Waals surface area contributed by atoms with E-state index in [4.69, 9.17) is 32.7 Å². The standard InChI is InChI=1S/C18H17Cl2N3O4S/c1-26-16-8-7-13(9-17(16)27-2)28(24,25)22-18-15(20)11-23(21-18)10-12-5-3-4-6-14(12)19/h3-9,11H,10H2,1-2H3,(H,21,22). The van der Waals surface area contributed by atoms with E-state index in [1.54, 1.807) is 6.07 Å². The molecular weight excluding hydrogens is 425 g/mol. The van der Waals surface area contributed by atoms with Gasteiger partial charge in [-0.3, -0.25) is 9.40 Å². The number of halogens is 2. The number of nitrogens with zero attached hydrogens (tertiary/aromatic N) is 2. The molecule has 0 unspecified atom stereocenters. The fourth-order valence-corrected chi connectivity index (χ4v) is 4.00. The number of aromatic nitrogens is 2. The zero-order valence-corrected chi connectivity index (χ0v) is 17.3. The van der Waals surface area contributed by atoms with Gasteiger partial charge < -0.3 is 9.47 Å². The lowest BCUT2D eigenvalue weighted by atomic mass is 10.2. The molecule has 2 aromatic carbocycles. The first-order valence-corrected chi connectivity index (χ1v) is 10.3. The van der Waals surface area contributed by atoms with Gasteiger partial charge in [-0.05, 0) is 23.8 Å². The Morgan fingerprint density at radius 2 is 1.75 bits per heavy atom. The van der Waals surface area contributed by atoms with E-state index in [1.807, 2.05) is 18.2 Å². The van der Waals surface area contributed by atoms with E-state index in [1.165, 1.54) is 43.3 Å². The molecule has 3 rings (SSSR count). The second kappa shape index (κ2) is 8.30. The topological polar surface area (TPSA) is 82.5 Å². The van der Waals surface area contributed by atoms with Crippen molar-refractivity contribution < 1.29 is 17.9 Å². The number of rotatable bonds is 7. The summed E-state index contributed by atoms with van der Waals surface area (Å²) < 4.78 is 39.6. The molecule has 1 N–H and O–H groups in total. The van der Waals surface area contributed by atoms with Gasteiger partial charge in [-0.15, -0.1) is 0 Å². The number of ether oxygens (including phenoxy) is 2. The Kier molecular flexibility index (Phi) is 6.02. The van der Waals surface area contributed by atoms with Crippen molar-refractivity contribution in [3.05, 3.63) is 64.3 Å². The highest BCUT2D eigenvalue weighted by Crippen LogP contribution is 2.31. The molecule has 10 heteroatoms. The molecule has 1 aromatic heterocycles. The van der Waals surface area contributed by atoms with Crippen LogP contribution in [0.1, 0.15) is 5.56 Å². The summed E-state index contributed by atoms with van der Waals surface area (Å²) in [6, 6.07) is 11.6. The molecule has 1 heterocycles. The highest BCUT2D eigenvalue weighted by atomic mass is 35.5. The monoisotopic (exact) mass is 441 g/mol. The van der Waals surface area contributed by atoms with Crippen LogP contribution in [0, 0.1) is 0 Å². The molecule has 148 valence electrons. The predicted molar refractivity (Wildman–Crippen MR) is 108 cm³/mol. The van der Waals surface area contributed by atoms with Crippen molar-refractivity contribution >= 4 is 39.0 Å². The second-order valence-electron chi connectivity index (χ2n) is 5.74. The summed E-state index contributed by atoms with van der Waals surface area (Å²) in [5, 5.41) is 4.96. The van der Waals surface area contributed by atoms with Crippen LogP contribution in [0.4, 0.5) is 5.82 Å². The maximum atomic E-state index is 12.7. The van der Waals surface area contributed by atoms with Gasteiger partial charge in [-0.25, -0.2) is 8.42 Å². The lowest BCUT2D eigenvalue weighted by Crippen LogP contribution is -2.14. The van der Waals surface area contributed by atoms with Crippen LogP contribution in [0.15, 0.2) is 53.6 Å². The first-order valence-electron chi connectivity index (χ1n) is 8.05. The SMILES string of the molecule is COc1ccc(S(=O)(=O)Nc2nn(Cc3ccccc3Cl)cc2Cl)cc1OC. The lowest BCUT2D eigenvalue weighted by Gasteiger charge is -2.10. The molecule has 0 atom stereocenters. The summed E-state index contributed by atoms with van der Waals surface area (Å²) in [5.74, 6) is 0.729. The van der Waals surface area contributed by atoms with Gasteiger partial charge >= 0.3 is 0 Å². The highest BCUT2D eigenvalue weighted by molar-refractivity contribution is 7.92. The molecule has 0 bridgehead atoms. The van der Waals surface area contributed by atoms with Gasteiger partial charge in [0.1, 0.15) is 5.02 Å². The molecule has 0 spiro atoms. The van der Waals surface area contributed by atoms with Crippen LogP contribution in [-0.2, 0) is 16.6 Å². The normalized spacial score (nSPS) is 11.3. The molecular formula is C18H17Cl2N3O4S. The summed E-state index contributed by atoms with van der Waals surface area (Å²) in [6.07, 6.45) is 1.53. The van der Waals surface area contributed by atoms with Crippen molar-refractivity contribution in [2.45, 2.75) is 11.4 Å². The van der Waals surface area contributed by atoms with Crippen LogP contribution in [-0.4, -0.2) is 32.4 Å². The zero-order chi connectivity index (χ0) is 20.3. The van der Waals surface area contributed by atoms with E-state index in [0.717, 1.165) is 5.56 Å². The average molecular weight is 442 g/mol. The molecule has 0 fully saturated rings. The highest BCUT2D eigenvalue weighted by Gasteiger charge is 2.20. The van der Waals surface area contributed by atoms with E-state index >= 15 is 0 Å². The molecule has 0 radical (unpaired) electrons. The van der Waals surface area contributed by atoms with Crippen molar-refractivity contribution in [1.29, 1.82) is 0 Å². The number of hydrogen-bond donors (Lipinski definition) is 1. The third-order valence-electron chi connectivity index (χ3n) is 3.90. The van der Waals surface area contributed by atoms with Crippen LogP contribution in [0.5, 0.6) is 11.5 Å². The number of benzene rings is 2. The average Bonchev–Trinajstić information content (AvgIpc) is 3.01. The van der Waals surface area contributed by atoms with Crippen molar-refractivity contribution in [3.63, 3.8) is 0 Å². The van der Waals surface area contributed by atoms with Crippen molar-refractivity contribution in [3.8, 4) is 11.5 Å². The minimum Gasteiger partial charge on any atom is -0.493 e. The minimum absolute atomic E-state index is 0.0122. The smallest absolute Gasteiger partial charge is 0.263 e. The Morgan fingerprint density at radius 1 is 1.04 bits per heavy atom. The maximum absolute atomic E-state index is 12.7. The van der Waals surface area contributed by atoms with Gasteiger partial charge in [0.2, 0.25) is 0 Å². The molecule has 28 heavy (non-hydrogen) atoms. The van der Waals surface area contributed by atoms with E-state index in [2.05, 4.69) is 9.82 Å². The van der Waals surface area contributed by atoms with Gasteiger partial charge in [-0.2, -0.15) is 5.10 Å². The van der Waals surface area contributed by atoms with Crippen LogP contribution >= 0.6 is 23.2 Å². The Labute approximate surface area is 172 Å². The van der Waals surface area contributed by atoms with Gasteiger partial charge in [0.25, 0.3) is 10.0 Å². The quantitative estimate of drug-likeness (QED) is 0.597. The largest absolute Gasteiger partial charge is 0.493 e. The number of hydrogen-bond acceptors (Lipinski definition) is 5. The second-order valence-corrected chi connectivity index (χ2v) is 8.23. The van der Waals surface area contributed by atoms with Crippen LogP contribution < -0.4 is 14.2 Å². The molecule has 0 saturated heterocycles.